The van der Waals surface area contributed by atoms with Crippen molar-refractivity contribution in [2.75, 3.05) is 0 Å². The van der Waals surface area contributed by atoms with E-state index in [9.17, 15) is 15.0 Å². The third-order valence-electron chi connectivity index (χ3n) is 5.13. The van der Waals surface area contributed by atoms with Crippen LogP contribution >= 0.6 is 0 Å². The van der Waals surface area contributed by atoms with Crippen molar-refractivity contribution < 1.29 is 15.0 Å². The molecule has 0 aromatic rings. The number of carbonyl (C=O) groups excluding carboxylic acids is 1. The monoisotopic (exact) mass is 252 g/mol. The van der Waals surface area contributed by atoms with Crippen LogP contribution in [0.1, 0.15) is 47.0 Å². The topological polar surface area (TPSA) is 57.5 Å². The third kappa shape index (κ3) is 1.76. The number of fused-ring (bicyclic) bond motifs is 1. The molecule has 3 nitrogen and oxygen atoms in total. The SMILES string of the molecule is CC1=CC(=O)C2(C)CCC(O)(C(C)C)C2C(O)C1. The van der Waals surface area contributed by atoms with Crippen molar-refractivity contribution >= 4 is 5.78 Å². The maximum Gasteiger partial charge on any atom is 0.161 e. The summed E-state index contributed by atoms with van der Waals surface area (Å²) in [5, 5.41) is 21.3. The molecule has 1 saturated carbocycles. The third-order valence-corrected chi connectivity index (χ3v) is 5.13. The molecule has 18 heavy (non-hydrogen) atoms. The summed E-state index contributed by atoms with van der Waals surface area (Å²) >= 11 is 0. The number of allylic oxidation sites excluding steroid dienone is 1. The summed E-state index contributed by atoms with van der Waals surface area (Å²) in [6.45, 7) is 7.71. The van der Waals surface area contributed by atoms with Crippen LogP contribution in [0.4, 0.5) is 0 Å². The lowest BCUT2D eigenvalue weighted by molar-refractivity contribution is -0.139. The Bertz CT molecular complexity index is 399. The standard InChI is InChI=1S/C15H24O3/c1-9(2)15(18)6-5-14(4)12(17)8-10(3)7-11(16)13(14)15/h8-9,11,13,16,18H,5-7H2,1-4H3. The van der Waals surface area contributed by atoms with Crippen LogP contribution < -0.4 is 0 Å². The zero-order valence-electron chi connectivity index (χ0n) is 11.7. The van der Waals surface area contributed by atoms with Gasteiger partial charge in [0.2, 0.25) is 0 Å². The minimum absolute atomic E-state index is 0.0465. The Balaban J connectivity index is 2.49. The van der Waals surface area contributed by atoms with E-state index in [1.54, 1.807) is 6.08 Å². The Hall–Kier alpha value is -0.670. The summed E-state index contributed by atoms with van der Waals surface area (Å²) in [6, 6.07) is 0. The molecule has 0 aromatic heterocycles. The van der Waals surface area contributed by atoms with Gasteiger partial charge in [0.25, 0.3) is 0 Å². The van der Waals surface area contributed by atoms with Gasteiger partial charge in [-0.1, -0.05) is 26.3 Å². The fourth-order valence-corrected chi connectivity index (χ4v) is 3.90. The average Bonchev–Trinajstić information content (AvgIpc) is 2.48. The number of rotatable bonds is 1. The van der Waals surface area contributed by atoms with Crippen molar-refractivity contribution in [3.05, 3.63) is 11.6 Å². The van der Waals surface area contributed by atoms with E-state index in [4.69, 9.17) is 0 Å². The van der Waals surface area contributed by atoms with Crippen LogP contribution in [0.3, 0.4) is 0 Å². The van der Waals surface area contributed by atoms with E-state index >= 15 is 0 Å². The second kappa shape index (κ2) is 4.17. The highest BCUT2D eigenvalue weighted by Crippen LogP contribution is 2.56. The first kappa shape index (κ1) is 13.8. The van der Waals surface area contributed by atoms with E-state index in [2.05, 4.69) is 0 Å². The van der Waals surface area contributed by atoms with Crippen LogP contribution in [0.5, 0.6) is 0 Å². The van der Waals surface area contributed by atoms with Crippen LogP contribution in [-0.2, 0) is 4.79 Å². The fraction of sp³-hybridized carbons (Fsp3) is 0.800. The zero-order valence-corrected chi connectivity index (χ0v) is 11.7. The molecule has 0 saturated heterocycles. The summed E-state index contributed by atoms with van der Waals surface area (Å²) in [7, 11) is 0. The lowest BCUT2D eigenvalue weighted by Crippen LogP contribution is -2.50. The molecule has 2 N–H and O–H groups in total. The van der Waals surface area contributed by atoms with Crippen LogP contribution in [0, 0.1) is 17.3 Å². The lowest BCUT2D eigenvalue weighted by atomic mass is 9.67. The summed E-state index contributed by atoms with van der Waals surface area (Å²) in [4.78, 5) is 12.4. The normalized spacial score (nSPS) is 44.8. The molecule has 102 valence electrons. The molecular weight excluding hydrogens is 228 g/mol. The molecule has 2 aliphatic rings. The van der Waals surface area contributed by atoms with Crippen molar-refractivity contribution in [3.63, 3.8) is 0 Å². The highest BCUT2D eigenvalue weighted by atomic mass is 16.3. The first-order chi connectivity index (χ1) is 8.21. The van der Waals surface area contributed by atoms with E-state index in [-0.39, 0.29) is 17.6 Å². The van der Waals surface area contributed by atoms with Crippen LogP contribution in [-0.4, -0.2) is 27.7 Å². The van der Waals surface area contributed by atoms with E-state index in [0.717, 1.165) is 5.57 Å². The molecule has 0 spiro atoms. The van der Waals surface area contributed by atoms with Crippen molar-refractivity contribution in [2.24, 2.45) is 17.3 Å². The minimum Gasteiger partial charge on any atom is -0.392 e. The Morgan fingerprint density at radius 1 is 1.39 bits per heavy atom. The highest BCUT2D eigenvalue weighted by molar-refractivity contribution is 5.96. The molecule has 0 amide bonds. The maximum absolute atomic E-state index is 12.4. The number of aliphatic hydroxyl groups excluding tert-OH is 1. The number of hydrogen-bond acceptors (Lipinski definition) is 3. The largest absolute Gasteiger partial charge is 0.392 e. The van der Waals surface area contributed by atoms with Crippen LogP contribution in [0.15, 0.2) is 11.6 Å². The number of hydrogen-bond donors (Lipinski definition) is 2. The summed E-state index contributed by atoms with van der Waals surface area (Å²) in [6.07, 6.45) is 2.77. The van der Waals surface area contributed by atoms with Crippen molar-refractivity contribution in [3.8, 4) is 0 Å². The van der Waals surface area contributed by atoms with Gasteiger partial charge in [0.15, 0.2) is 5.78 Å². The van der Waals surface area contributed by atoms with Crippen molar-refractivity contribution in [2.45, 2.75) is 58.7 Å². The predicted molar refractivity (Wildman–Crippen MR) is 70.0 cm³/mol. The average molecular weight is 252 g/mol. The van der Waals surface area contributed by atoms with Gasteiger partial charge in [-0.3, -0.25) is 4.79 Å². The first-order valence-corrected chi connectivity index (χ1v) is 6.84. The smallest absolute Gasteiger partial charge is 0.161 e. The van der Waals surface area contributed by atoms with Gasteiger partial charge in [-0.2, -0.15) is 0 Å². The molecule has 0 radical (unpaired) electrons. The predicted octanol–water partition coefficient (Wildman–Crippen LogP) is 2.07. The first-order valence-electron chi connectivity index (χ1n) is 6.84. The lowest BCUT2D eigenvalue weighted by Gasteiger charge is -2.41. The van der Waals surface area contributed by atoms with Crippen LogP contribution in [0.2, 0.25) is 0 Å². The Kier molecular flexibility index (Phi) is 3.19. The molecule has 1 fully saturated rings. The maximum atomic E-state index is 12.4. The van der Waals surface area contributed by atoms with E-state index < -0.39 is 17.1 Å². The Labute approximate surface area is 109 Å². The van der Waals surface area contributed by atoms with Gasteiger partial charge in [0.05, 0.1) is 11.7 Å². The Morgan fingerprint density at radius 2 is 2.00 bits per heavy atom. The molecular formula is C15H24O3. The molecule has 4 atom stereocenters. The molecule has 0 aliphatic heterocycles. The molecule has 4 unspecified atom stereocenters. The molecule has 0 bridgehead atoms. The number of ketones is 1. The fourth-order valence-electron chi connectivity index (χ4n) is 3.90. The summed E-state index contributed by atoms with van der Waals surface area (Å²) in [5.41, 5.74) is -0.632. The van der Waals surface area contributed by atoms with Gasteiger partial charge in [0, 0.05) is 11.3 Å². The van der Waals surface area contributed by atoms with E-state index in [1.807, 2.05) is 27.7 Å². The van der Waals surface area contributed by atoms with Gasteiger partial charge in [0.1, 0.15) is 0 Å². The van der Waals surface area contributed by atoms with Gasteiger partial charge in [-0.05, 0) is 38.2 Å². The quantitative estimate of drug-likeness (QED) is 0.751. The second-order valence-corrected chi connectivity index (χ2v) is 6.67. The van der Waals surface area contributed by atoms with Crippen molar-refractivity contribution in [1.29, 1.82) is 0 Å². The van der Waals surface area contributed by atoms with E-state index in [0.29, 0.717) is 19.3 Å². The summed E-state index contributed by atoms with van der Waals surface area (Å²) < 4.78 is 0. The number of carbonyl (C=O) groups is 1. The van der Waals surface area contributed by atoms with Crippen LogP contribution in [0.25, 0.3) is 0 Å². The molecule has 3 heteroatoms. The highest BCUT2D eigenvalue weighted by Gasteiger charge is 2.60. The summed E-state index contributed by atoms with van der Waals surface area (Å²) in [5.74, 6) is -0.241. The van der Waals surface area contributed by atoms with Gasteiger partial charge in [-0.25, -0.2) is 0 Å². The Morgan fingerprint density at radius 3 is 2.56 bits per heavy atom. The minimum atomic E-state index is -0.928. The molecule has 0 heterocycles. The molecule has 2 rings (SSSR count). The molecule has 2 aliphatic carbocycles. The van der Waals surface area contributed by atoms with Crippen molar-refractivity contribution in [1.82, 2.24) is 0 Å². The zero-order chi connectivity index (χ0) is 13.7. The molecule has 0 aromatic carbocycles. The van der Waals surface area contributed by atoms with E-state index in [1.165, 1.54) is 0 Å². The van der Waals surface area contributed by atoms with Gasteiger partial charge in [-0.15, -0.1) is 0 Å². The van der Waals surface area contributed by atoms with Gasteiger partial charge >= 0.3 is 0 Å². The number of aliphatic hydroxyl groups is 2. The van der Waals surface area contributed by atoms with Gasteiger partial charge < -0.3 is 10.2 Å². The second-order valence-electron chi connectivity index (χ2n) is 6.67.